The first-order chi connectivity index (χ1) is 12.8. The van der Waals surface area contributed by atoms with Gasteiger partial charge in [0.25, 0.3) is 0 Å². The predicted octanol–water partition coefficient (Wildman–Crippen LogP) is 3.25. The number of hydrogen-bond acceptors (Lipinski definition) is 4. The first-order valence-electron chi connectivity index (χ1n) is 10.1. The van der Waals surface area contributed by atoms with E-state index < -0.39 is 36.4 Å². The molecule has 154 valence electrons. The van der Waals surface area contributed by atoms with Crippen LogP contribution in [0.2, 0.25) is 0 Å². The van der Waals surface area contributed by atoms with E-state index in [9.17, 15) is 19.4 Å². The fourth-order valence-corrected chi connectivity index (χ4v) is 4.09. The van der Waals surface area contributed by atoms with Crippen LogP contribution in [0, 0.1) is 17.8 Å². The van der Waals surface area contributed by atoms with Crippen LogP contribution in [0.25, 0.3) is 0 Å². The maximum absolute atomic E-state index is 14.9. The standard InChI is InChI=1S/C21H33FO5/c1-3-4-7-13(2)15(23)11-10-14-16(24)12-18-20(14)21(22)17(27-18)8-5-6-9-19(25)26/h5,8,10-11,13-18,20-21,23-24H,3-4,6-7,9,12H2,1-2H3,(H,25,26)/t13?,14-,15-,16+,17+,18+,20+,21+/m0/s1. The van der Waals surface area contributed by atoms with Crippen molar-refractivity contribution in [3.8, 4) is 0 Å². The molecule has 5 nitrogen and oxygen atoms in total. The average molecular weight is 384 g/mol. The summed E-state index contributed by atoms with van der Waals surface area (Å²) in [6.45, 7) is 4.10. The smallest absolute Gasteiger partial charge is 0.303 e. The Morgan fingerprint density at radius 3 is 2.78 bits per heavy atom. The van der Waals surface area contributed by atoms with Crippen molar-refractivity contribution >= 4 is 5.97 Å². The van der Waals surface area contributed by atoms with Gasteiger partial charge in [-0.3, -0.25) is 4.79 Å². The number of alkyl halides is 1. The molecule has 1 saturated heterocycles. The fourth-order valence-electron chi connectivity index (χ4n) is 4.09. The van der Waals surface area contributed by atoms with Crippen molar-refractivity contribution in [1.29, 1.82) is 0 Å². The number of allylic oxidation sites excluding steroid dienone is 1. The molecule has 0 aromatic heterocycles. The van der Waals surface area contributed by atoms with Crippen LogP contribution in [0.1, 0.15) is 52.4 Å². The van der Waals surface area contributed by atoms with E-state index in [-0.39, 0.29) is 24.4 Å². The van der Waals surface area contributed by atoms with E-state index in [1.165, 1.54) is 0 Å². The molecule has 0 bridgehead atoms. The summed E-state index contributed by atoms with van der Waals surface area (Å²) in [5.41, 5.74) is 0. The van der Waals surface area contributed by atoms with Gasteiger partial charge in [-0.1, -0.05) is 51.0 Å². The lowest BCUT2D eigenvalue weighted by Gasteiger charge is -2.21. The van der Waals surface area contributed by atoms with E-state index in [0.29, 0.717) is 12.8 Å². The van der Waals surface area contributed by atoms with Crippen LogP contribution in [-0.2, 0) is 9.53 Å². The predicted molar refractivity (Wildman–Crippen MR) is 101 cm³/mol. The van der Waals surface area contributed by atoms with Gasteiger partial charge in [0.1, 0.15) is 12.3 Å². The first-order valence-corrected chi connectivity index (χ1v) is 10.1. The zero-order valence-corrected chi connectivity index (χ0v) is 16.2. The lowest BCUT2D eigenvalue weighted by molar-refractivity contribution is -0.136. The molecule has 3 N–H and O–H groups in total. The second-order valence-corrected chi connectivity index (χ2v) is 7.90. The molecule has 0 aromatic carbocycles. The van der Waals surface area contributed by atoms with Crippen molar-refractivity contribution in [2.45, 2.75) is 83.0 Å². The molecule has 1 unspecified atom stereocenters. The summed E-state index contributed by atoms with van der Waals surface area (Å²) >= 11 is 0. The van der Waals surface area contributed by atoms with Crippen molar-refractivity contribution in [2.24, 2.45) is 17.8 Å². The Balaban J connectivity index is 1.94. The molecule has 27 heavy (non-hydrogen) atoms. The molecule has 1 heterocycles. The molecule has 1 aliphatic carbocycles. The molecule has 0 radical (unpaired) electrons. The zero-order valence-electron chi connectivity index (χ0n) is 16.2. The van der Waals surface area contributed by atoms with Crippen LogP contribution in [0.15, 0.2) is 24.3 Å². The number of hydrogen-bond donors (Lipinski definition) is 3. The van der Waals surface area contributed by atoms with E-state index in [1.807, 2.05) is 6.92 Å². The molecule has 6 heteroatoms. The number of halogens is 1. The fraction of sp³-hybridized carbons (Fsp3) is 0.762. The number of rotatable bonds is 10. The summed E-state index contributed by atoms with van der Waals surface area (Å²) in [4.78, 5) is 10.5. The number of aliphatic carboxylic acids is 1. The third kappa shape index (κ3) is 5.87. The summed E-state index contributed by atoms with van der Waals surface area (Å²) in [5, 5.41) is 29.2. The highest BCUT2D eigenvalue weighted by atomic mass is 19.1. The number of carboxylic acids is 1. The van der Waals surface area contributed by atoms with Crippen LogP contribution in [0.4, 0.5) is 4.39 Å². The molecule has 2 rings (SSSR count). The van der Waals surface area contributed by atoms with Crippen molar-refractivity contribution in [3.05, 3.63) is 24.3 Å². The molecular weight excluding hydrogens is 351 g/mol. The van der Waals surface area contributed by atoms with E-state index in [0.717, 1.165) is 19.3 Å². The molecule has 0 amide bonds. The molecule has 8 atom stereocenters. The van der Waals surface area contributed by atoms with Crippen molar-refractivity contribution in [3.63, 3.8) is 0 Å². The maximum atomic E-state index is 14.9. The lowest BCUT2D eigenvalue weighted by atomic mass is 9.87. The van der Waals surface area contributed by atoms with Crippen LogP contribution in [0.5, 0.6) is 0 Å². The minimum absolute atomic E-state index is 0.00517. The number of ether oxygens (including phenoxy) is 1. The van der Waals surface area contributed by atoms with Gasteiger partial charge in [-0.2, -0.15) is 0 Å². The van der Waals surface area contributed by atoms with Crippen LogP contribution in [-0.4, -0.2) is 51.9 Å². The Hall–Kier alpha value is -1.24. The molecule has 0 aromatic rings. The van der Waals surface area contributed by atoms with E-state index in [1.54, 1.807) is 24.3 Å². The van der Waals surface area contributed by atoms with Gasteiger partial charge in [-0.15, -0.1) is 0 Å². The second-order valence-electron chi connectivity index (χ2n) is 7.90. The lowest BCUT2D eigenvalue weighted by Crippen LogP contribution is -2.28. The molecule has 2 aliphatic rings. The Morgan fingerprint density at radius 1 is 1.37 bits per heavy atom. The summed E-state index contributed by atoms with van der Waals surface area (Å²) < 4.78 is 20.6. The number of carboxylic acid groups (broad SMARTS) is 1. The normalized spacial score (nSPS) is 35.7. The Bertz CT molecular complexity index is 535. The zero-order chi connectivity index (χ0) is 20.0. The summed E-state index contributed by atoms with van der Waals surface area (Å²) in [7, 11) is 0. The topological polar surface area (TPSA) is 87.0 Å². The second kappa shape index (κ2) is 10.3. The van der Waals surface area contributed by atoms with Crippen LogP contribution < -0.4 is 0 Å². The summed E-state index contributed by atoms with van der Waals surface area (Å²) in [6.07, 6.45) is 6.89. The summed E-state index contributed by atoms with van der Waals surface area (Å²) in [5.74, 6) is -1.58. The van der Waals surface area contributed by atoms with Crippen LogP contribution in [0.3, 0.4) is 0 Å². The maximum Gasteiger partial charge on any atom is 0.303 e. The third-order valence-electron chi connectivity index (χ3n) is 5.78. The van der Waals surface area contributed by atoms with Gasteiger partial charge in [0.15, 0.2) is 0 Å². The van der Waals surface area contributed by atoms with Crippen molar-refractivity contribution < 1.29 is 29.2 Å². The Kier molecular flexibility index (Phi) is 8.45. The monoisotopic (exact) mass is 384 g/mol. The van der Waals surface area contributed by atoms with Gasteiger partial charge in [-0.25, -0.2) is 4.39 Å². The average Bonchev–Trinajstić information content (AvgIpc) is 3.09. The van der Waals surface area contributed by atoms with E-state index in [4.69, 9.17) is 9.84 Å². The highest BCUT2D eigenvalue weighted by molar-refractivity contribution is 5.66. The van der Waals surface area contributed by atoms with Gasteiger partial charge in [-0.05, 0) is 18.8 Å². The highest BCUT2D eigenvalue weighted by Crippen LogP contribution is 2.46. The minimum atomic E-state index is -1.25. The molecule has 2 fully saturated rings. The van der Waals surface area contributed by atoms with Gasteiger partial charge in [0.2, 0.25) is 0 Å². The van der Waals surface area contributed by atoms with Crippen molar-refractivity contribution in [2.75, 3.05) is 0 Å². The Labute approximate surface area is 160 Å². The molecule has 0 spiro atoms. The number of aliphatic hydroxyl groups excluding tert-OH is 2. The number of unbranched alkanes of at least 4 members (excludes halogenated alkanes) is 1. The van der Waals surface area contributed by atoms with Crippen molar-refractivity contribution in [1.82, 2.24) is 0 Å². The van der Waals surface area contributed by atoms with E-state index >= 15 is 0 Å². The molecule has 1 aliphatic heterocycles. The largest absolute Gasteiger partial charge is 0.481 e. The number of fused-ring (bicyclic) bond motifs is 1. The van der Waals surface area contributed by atoms with Gasteiger partial charge >= 0.3 is 5.97 Å². The number of carbonyl (C=O) groups is 1. The molecular formula is C21H33FO5. The molecule has 1 saturated carbocycles. The highest BCUT2D eigenvalue weighted by Gasteiger charge is 2.54. The number of aliphatic hydroxyl groups is 2. The third-order valence-corrected chi connectivity index (χ3v) is 5.78. The summed E-state index contributed by atoms with van der Waals surface area (Å²) in [6, 6.07) is 0. The van der Waals surface area contributed by atoms with E-state index in [2.05, 4.69) is 6.92 Å². The Morgan fingerprint density at radius 2 is 2.11 bits per heavy atom. The SMILES string of the molecule is CCCCC(C)[C@@H](O)C=C[C@@H]1[C@H]2[C@H](F)[C@@H](C=CCCC(=O)O)O[C@@H]2C[C@H]1O. The van der Waals surface area contributed by atoms with Gasteiger partial charge < -0.3 is 20.1 Å². The first kappa shape index (κ1) is 22.1. The van der Waals surface area contributed by atoms with Gasteiger partial charge in [0, 0.05) is 24.7 Å². The minimum Gasteiger partial charge on any atom is -0.481 e. The van der Waals surface area contributed by atoms with Gasteiger partial charge in [0.05, 0.1) is 18.3 Å². The quantitative estimate of drug-likeness (QED) is 0.503. The van der Waals surface area contributed by atoms with Crippen LogP contribution >= 0.6 is 0 Å².